The second kappa shape index (κ2) is 13.3. The maximum absolute atomic E-state index is 10.7. The van der Waals surface area contributed by atoms with Gasteiger partial charge >= 0.3 is 11.9 Å². The summed E-state index contributed by atoms with van der Waals surface area (Å²) in [6.07, 6.45) is 2.62. The van der Waals surface area contributed by atoms with Crippen LogP contribution in [0.5, 0.6) is 0 Å². The molecule has 2 N–H and O–H groups in total. The molecule has 2 aromatic rings. The maximum atomic E-state index is 10.7. The highest BCUT2D eigenvalue weighted by Crippen LogP contribution is 1.99. The number of carbonyl (C=O) groups excluding carboxylic acids is 2. The first kappa shape index (κ1) is 23.0. The zero-order chi connectivity index (χ0) is 20.7. The molecule has 27 heavy (non-hydrogen) atoms. The van der Waals surface area contributed by atoms with Gasteiger partial charge in [0.15, 0.2) is 0 Å². The number of ketones is 2. The van der Waals surface area contributed by atoms with E-state index in [0.717, 1.165) is 0 Å². The summed E-state index contributed by atoms with van der Waals surface area (Å²) in [5.41, 5.74) is 0.417. The number of Topliss-reactive ketones (excluding diaryl/α,β-unsaturated/α-hetero) is 2. The zero-order valence-electron chi connectivity index (χ0n) is 14.3. The van der Waals surface area contributed by atoms with Gasteiger partial charge in [0.2, 0.25) is 0 Å². The molecular formula is C20H18O7. The van der Waals surface area contributed by atoms with Gasteiger partial charge in [-0.15, -0.1) is 0 Å². The maximum Gasteiger partial charge on any atom is 0.377 e. The van der Waals surface area contributed by atoms with Crippen molar-refractivity contribution in [2.24, 2.45) is 0 Å². The Kier molecular flexibility index (Phi) is 11.3. The van der Waals surface area contributed by atoms with Crippen LogP contribution >= 0.6 is 0 Å². The summed E-state index contributed by atoms with van der Waals surface area (Å²) in [4.78, 5) is 41.8. The SMILES string of the molecule is C=COC=C.O=C(O)C(=O)c1ccccc1.O=C(O)C(=O)c1ccccc1. The van der Waals surface area contributed by atoms with Crippen LogP contribution in [0.1, 0.15) is 20.7 Å². The highest BCUT2D eigenvalue weighted by atomic mass is 16.5. The molecule has 2 aromatic carbocycles. The Labute approximate surface area is 155 Å². The van der Waals surface area contributed by atoms with Gasteiger partial charge in [-0.05, 0) is 0 Å². The highest BCUT2D eigenvalue weighted by molar-refractivity contribution is 6.40. The van der Waals surface area contributed by atoms with Crippen molar-refractivity contribution >= 4 is 23.5 Å². The van der Waals surface area contributed by atoms with E-state index >= 15 is 0 Å². The van der Waals surface area contributed by atoms with Gasteiger partial charge < -0.3 is 14.9 Å². The van der Waals surface area contributed by atoms with Crippen LogP contribution in [0.15, 0.2) is 86.3 Å². The van der Waals surface area contributed by atoms with Crippen molar-refractivity contribution in [3.8, 4) is 0 Å². The van der Waals surface area contributed by atoms with E-state index in [0.29, 0.717) is 0 Å². The lowest BCUT2D eigenvalue weighted by Gasteiger charge is -1.91. The topological polar surface area (TPSA) is 118 Å². The van der Waals surface area contributed by atoms with Gasteiger partial charge in [0.05, 0.1) is 12.5 Å². The van der Waals surface area contributed by atoms with E-state index in [4.69, 9.17) is 10.2 Å². The number of aliphatic carboxylic acids is 2. The summed E-state index contributed by atoms with van der Waals surface area (Å²) in [6, 6.07) is 15.8. The van der Waals surface area contributed by atoms with Crippen molar-refractivity contribution in [3.05, 3.63) is 97.5 Å². The number of hydrogen-bond donors (Lipinski definition) is 2. The monoisotopic (exact) mass is 370 g/mol. The van der Waals surface area contributed by atoms with E-state index in [1.54, 1.807) is 36.4 Å². The third-order valence-electron chi connectivity index (χ3n) is 2.65. The molecule has 0 aliphatic heterocycles. The van der Waals surface area contributed by atoms with Gasteiger partial charge in [0.25, 0.3) is 11.6 Å². The van der Waals surface area contributed by atoms with Crippen LogP contribution in [0.2, 0.25) is 0 Å². The van der Waals surface area contributed by atoms with Crippen LogP contribution in [0.25, 0.3) is 0 Å². The summed E-state index contributed by atoms with van der Waals surface area (Å²) in [6.45, 7) is 6.51. The minimum absolute atomic E-state index is 0.208. The lowest BCUT2D eigenvalue weighted by molar-refractivity contribution is -0.132. The number of rotatable bonds is 6. The Balaban J connectivity index is 0.000000405. The molecule has 0 saturated heterocycles. The molecule has 7 heteroatoms. The van der Waals surface area contributed by atoms with Gasteiger partial charge in [-0.25, -0.2) is 9.59 Å². The minimum atomic E-state index is -1.42. The third-order valence-corrected chi connectivity index (χ3v) is 2.65. The lowest BCUT2D eigenvalue weighted by Crippen LogP contribution is -2.12. The predicted octanol–water partition coefficient (Wildman–Crippen LogP) is 3.20. The molecule has 7 nitrogen and oxygen atoms in total. The average molecular weight is 370 g/mol. The van der Waals surface area contributed by atoms with E-state index < -0.39 is 23.5 Å². The number of carboxylic acid groups (broad SMARTS) is 2. The number of ether oxygens (including phenoxy) is 1. The van der Waals surface area contributed by atoms with Crippen LogP contribution in [0.3, 0.4) is 0 Å². The van der Waals surface area contributed by atoms with E-state index in [2.05, 4.69) is 17.9 Å². The Hall–Kier alpha value is -4.00. The molecule has 0 radical (unpaired) electrons. The molecule has 0 aliphatic carbocycles. The summed E-state index contributed by atoms with van der Waals surface area (Å²) >= 11 is 0. The summed E-state index contributed by atoms with van der Waals surface area (Å²) in [5, 5.41) is 16.6. The van der Waals surface area contributed by atoms with Crippen molar-refractivity contribution in [2.45, 2.75) is 0 Å². The molecule has 0 fully saturated rings. The molecule has 0 bridgehead atoms. The van der Waals surface area contributed by atoms with E-state index in [9.17, 15) is 19.2 Å². The normalized spacial score (nSPS) is 8.44. The molecule has 0 atom stereocenters. The number of carboxylic acids is 2. The van der Waals surface area contributed by atoms with Gasteiger partial charge in [0, 0.05) is 11.1 Å². The van der Waals surface area contributed by atoms with Crippen molar-refractivity contribution in [1.29, 1.82) is 0 Å². The van der Waals surface area contributed by atoms with Crippen LogP contribution in [-0.4, -0.2) is 33.7 Å². The smallest absolute Gasteiger partial charge is 0.377 e. The van der Waals surface area contributed by atoms with Gasteiger partial charge in [-0.1, -0.05) is 73.8 Å². The van der Waals surface area contributed by atoms with Crippen LogP contribution in [0, 0.1) is 0 Å². The first-order valence-corrected chi connectivity index (χ1v) is 7.37. The molecular weight excluding hydrogens is 352 g/mol. The fourth-order valence-corrected chi connectivity index (χ4v) is 1.49. The van der Waals surface area contributed by atoms with Crippen LogP contribution in [0.4, 0.5) is 0 Å². The Morgan fingerprint density at radius 3 is 1.15 bits per heavy atom. The molecule has 0 saturated carbocycles. The third kappa shape index (κ3) is 9.78. The number of carbonyl (C=O) groups is 4. The standard InChI is InChI=1S/2C8H6O3.C4H6O/c2*9-7(8(10)11)6-4-2-1-3-5-6;1-3-5-4-2/h2*1-5H,(H,10,11);3-4H,1-2H2. The first-order valence-electron chi connectivity index (χ1n) is 7.37. The minimum Gasteiger partial charge on any atom is -0.475 e. The molecule has 0 amide bonds. The quantitative estimate of drug-likeness (QED) is 0.455. The molecule has 2 rings (SSSR count). The second-order valence-corrected chi connectivity index (χ2v) is 4.47. The summed E-state index contributed by atoms with van der Waals surface area (Å²) in [7, 11) is 0. The lowest BCUT2D eigenvalue weighted by atomic mass is 10.1. The van der Waals surface area contributed by atoms with Crippen molar-refractivity contribution < 1.29 is 34.1 Å². The Morgan fingerprint density at radius 1 is 0.667 bits per heavy atom. The molecule has 0 aliphatic rings. The van der Waals surface area contributed by atoms with Crippen molar-refractivity contribution in [3.63, 3.8) is 0 Å². The van der Waals surface area contributed by atoms with E-state index in [1.165, 1.54) is 36.8 Å². The predicted molar refractivity (Wildman–Crippen MR) is 98.3 cm³/mol. The molecule has 0 heterocycles. The fraction of sp³-hybridized carbons (Fsp3) is 0. The van der Waals surface area contributed by atoms with E-state index in [1.807, 2.05) is 0 Å². The van der Waals surface area contributed by atoms with Crippen LogP contribution in [-0.2, 0) is 14.3 Å². The van der Waals surface area contributed by atoms with Gasteiger partial charge in [0.1, 0.15) is 0 Å². The number of hydrogen-bond acceptors (Lipinski definition) is 5. The second-order valence-electron chi connectivity index (χ2n) is 4.47. The zero-order valence-corrected chi connectivity index (χ0v) is 14.3. The average Bonchev–Trinajstić information content (AvgIpc) is 2.69. The Morgan fingerprint density at radius 2 is 0.963 bits per heavy atom. The molecule has 0 spiro atoms. The largest absolute Gasteiger partial charge is 0.475 e. The molecule has 140 valence electrons. The summed E-state index contributed by atoms with van der Waals surface area (Å²) in [5.74, 6) is -4.58. The summed E-state index contributed by atoms with van der Waals surface area (Å²) < 4.78 is 4.36. The van der Waals surface area contributed by atoms with E-state index in [-0.39, 0.29) is 11.1 Å². The van der Waals surface area contributed by atoms with Crippen molar-refractivity contribution in [2.75, 3.05) is 0 Å². The fourth-order valence-electron chi connectivity index (χ4n) is 1.49. The molecule has 0 aromatic heterocycles. The van der Waals surface area contributed by atoms with Crippen molar-refractivity contribution in [1.82, 2.24) is 0 Å². The highest BCUT2D eigenvalue weighted by Gasteiger charge is 2.13. The first-order chi connectivity index (χ1) is 12.8. The molecule has 0 unspecified atom stereocenters. The van der Waals surface area contributed by atoms with Gasteiger partial charge in [-0.3, -0.25) is 9.59 Å². The van der Waals surface area contributed by atoms with Crippen LogP contribution < -0.4 is 0 Å². The Bertz CT molecular complexity index is 713. The van der Waals surface area contributed by atoms with Gasteiger partial charge in [-0.2, -0.15) is 0 Å². The number of benzene rings is 2.